The predicted molar refractivity (Wildman–Crippen MR) is 70.4 cm³/mol. The Labute approximate surface area is 110 Å². The second kappa shape index (κ2) is 5.97. The molecule has 2 heterocycles. The van der Waals surface area contributed by atoms with Crippen LogP contribution in [-0.4, -0.2) is 42.4 Å². The molecule has 1 fully saturated rings. The number of nitrogens with two attached hydrogens (primary N) is 1. The van der Waals surface area contributed by atoms with E-state index >= 15 is 0 Å². The van der Waals surface area contributed by atoms with Gasteiger partial charge in [0.05, 0.1) is 4.88 Å². The van der Waals surface area contributed by atoms with E-state index in [0.29, 0.717) is 24.5 Å². The molecule has 2 rings (SSSR count). The van der Waals surface area contributed by atoms with Gasteiger partial charge in [-0.3, -0.25) is 9.59 Å². The normalized spacial score (nSPS) is 18.9. The highest BCUT2D eigenvalue weighted by atomic mass is 32.1. The van der Waals surface area contributed by atoms with Crippen molar-refractivity contribution < 1.29 is 9.59 Å². The zero-order chi connectivity index (χ0) is 13.0. The van der Waals surface area contributed by atoms with E-state index in [9.17, 15) is 9.59 Å². The lowest BCUT2D eigenvalue weighted by atomic mass is 10.2. The van der Waals surface area contributed by atoms with E-state index in [4.69, 9.17) is 5.73 Å². The molecule has 2 amide bonds. The van der Waals surface area contributed by atoms with Gasteiger partial charge in [-0.25, -0.2) is 0 Å². The van der Waals surface area contributed by atoms with E-state index in [2.05, 4.69) is 5.32 Å². The van der Waals surface area contributed by atoms with Crippen LogP contribution in [0, 0.1) is 0 Å². The first-order chi connectivity index (χ1) is 8.74. The smallest absolute Gasteiger partial charge is 0.264 e. The molecule has 1 aromatic heterocycles. The summed E-state index contributed by atoms with van der Waals surface area (Å²) in [5.74, 6) is -0.141. The molecule has 1 aromatic rings. The first-order valence-electron chi connectivity index (χ1n) is 6.06. The summed E-state index contributed by atoms with van der Waals surface area (Å²) in [6.45, 7) is 1.52. The van der Waals surface area contributed by atoms with Gasteiger partial charge in [-0.1, -0.05) is 6.07 Å². The van der Waals surface area contributed by atoms with E-state index in [1.165, 1.54) is 11.3 Å². The molecular formula is C12H17N3O2S. The van der Waals surface area contributed by atoms with Gasteiger partial charge < -0.3 is 16.0 Å². The number of amides is 2. The summed E-state index contributed by atoms with van der Waals surface area (Å²) in [5, 5.41) is 4.62. The Morgan fingerprint density at radius 3 is 3.06 bits per heavy atom. The molecule has 3 N–H and O–H groups in total. The van der Waals surface area contributed by atoms with Crippen molar-refractivity contribution in [1.82, 2.24) is 10.2 Å². The summed E-state index contributed by atoms with van der Waals surface area (Å²) in [6, 6.07) is 3.30. The molecule has 0 radical (unpaired) electrons. The maximum atomic E-state index is 12.2. The van der Waals surface area contributed by atoms with Crippen LogP contribution in [0.5, 0.6) is 0 Å². The van der Waals surface area contributed by atoms with Gasteiger partial charge in [-0.2, -0.15) is 0 Å². The van der Waals surface area contributed by atoms with Crippen molar-refractivity contribution >= 4 is 23.2 Å². The highest BCUT2D eigenvalue weighted by Crippen LogP contribution is 2.22. The molecule has 0 aliphatic carbocycles. The van der Waals surface area contributed by atoms with Gasteiger partial charge in [-0.05, 0) is 24.3 Å². The number of nitrogens with zero attached hydrogens (tertiary/aromatic N) is 1. The van der Waals surface area contributed by atoms with Crippen LogP contribution in [0.2, 0.25) is 0 Å². The average molecular weight is 267 g/mol. The highest BCUT2D eigenvalue weighted by molar-refractivity contribution is 7.12. The molecule has 6 heteroatoms. The quantitative estimate of drug-likeness (QED) is 0.830. The summed E-state index contributed by atoms with van der Waals surface area (Å²) in [6.07, 6.45) is 1.60. The summed E-state index contributed by atoms with van der Waals surface area (Å²) in [5.41, 5.74) is 5.35. The number of rotatable bonds is 4. The number of nitrogens with one attached hydrogen (secondary N) is 1. The second-order valence-corrected chi connectivity index (χ2v) is 5.16. The summed E-state index contributed by atoms with van der Waals surface area (Å²) in [7, 11) is 0. The van der Waals surface area contributed by atoms with Crippen LogP contribution in [0.3, 0.4) is 0 Å². The predicted octanol–water partition coefficient (Wildman–Crippen LogP) is 0.428. The molecule has 1 aliphatic heterocycles. The average Bonchev–Trinajstić information content (AvgIpc) is 3.04. The van der Waals surface area contributed by atoms with E-state index in [0.717, 1.165) is 12.8 Å². The molecule has 1 unspecified atom stereocenters. The minimum absolute atomic E-state index is 0.0459. The Balaban J connectivity index is 2.03. The van der Waals surface area contributed by atoms with Crippen LogP contribution < -0.4 is 11.1 Å². The molecule has 0 bridgehead atoms. The molecule has 1 saturated heterocycles. The van der Waals surface area contributed by atoms with Gasteiger partial charge in [0.2, 0.25) is 5.91 Å². The molecule has 0 saturated carbocycles. The number of thiophene rings is 1. The molecule has 98 valence electrons. The van der Waals surface area contributed by atoms with Crippen LogP contribution in [0.25, 0.3) is 0 Å². The standard InChI is InChI=1S/C12H17N3O2S/c13-5-6-14-11(16)9-3-1-7-15(9)12(17)10-4-2-8-18-10/h2,4,8-9H,1,3,5-7,13H2,(H,14,16). The van der Waals surface area contributed by atoms with E-state index < -0.39 is 0 Å². The van der Waals surface area contributed by atoms with Crippen molar-refractivity contribution in [2.45, 2.75) is 18.9 Å². The van der Waals surface area contributed by atoms with Crippen molar-refractivity contribution in [3.05, 3.63) is 22.4 Å². The fourth-order valence-corrected chi connectivity index (χ4v) is 2.82. The Bertz CT molecular complexity index is 419. The monoisotopic (exact) mass is 267 g/mol. The third-order valence-corrected chi connectivity index (χ3v) is 3.85. The maximum absolute atomic E-state index is 12.2. The summed E-state index contributed by atoms with van der Waals surface area (Å²) >= 11 is 1.41. The highest BCUT2D eigenvalue weighted by Gasteiger charge is 2.34. The van der Waals surface area contributed by atoms with Crippen molar-refractivity contribution in [3.63, 3.8) is 0 Å². The van der Waals surface area contributed by atoms with Crippen LogP contribution in [0.4, 0.5) is 0 Å². The van der Waals surface area contributed by atoms with E-state index in [-0.39, 0.29) is 17.9 Å². The van der Waals surface area contributed by atoms with Gasteiger partial charge >= 0.3 is 0 Å². The van der Waals surface area contributed by atoms with Crippen LogP contribution >= 0.6 is 11.3 Å². The van der Waals surface area contributed by atoms with Crippen molar-refractivity contribution in [1.29, 1.82) is 0 Å². The number of hydrogen-bond donors (Lipinski definition) is 2. The number of carbonyl (C=O) groups is 2. The topological polar surface area (TPSA) is 75.4 Å². The van der Waals surface area contributed by atoms with Crippen molar-refractivity contribution in [2.75, 3.05) is 19.6 Å². The van der Waals surface area contributed by atoms with Gasteiger partial charge in [0.15, 0.2) is 0 Å². The third kappa shape index (κ3) is 2.70. The lowest BCUT2D eigenvalue weighted by Crippen LogP contribution is -2.46. The molecule has 0 spiro atoms. The molecule has 5 nitrogen and oxygen atoms in total. The number of carbonyl (C=O) groups excluding carboxylic acids is 2. The van der Waals surface area contributed by atoms with Gasteiger partial charge in [-0.15, -0.1) is 11.3 Å². The zero-order valence-corrected chi connectivity index (χ0v) is 10.9. The molecule has 0 aromatic carbocycles. The van der Waals surface area contributed by atoms with E-state index in [1.54, 1.807) is 11.0 Å². The number of hydrogen-bond acceptors (Lipinski definition) is 4. The molecule has 18 heavy (non-hydrogen) atoms. The Morgan fingerprint density at radius 2 is 2.39 bits per heavy atom. The Kier molecular flexibility index (Phi) is 4.33. The van der Waals surface area contributed by atoms with Crippen LogP contribution in [-0.2, 0) is 4.79 Å². The van der Waals surface area contributed by atoms with Gasteiger partial charge in [0.1, 0.15) is 6.04 Å². The fourth-order valence-electron chi connectivity index (χ4n) is 2.14. The van der Waals surface area contributed by atoms with Gasteiger partial charge in [0.25, 0.3) is 5.91 Å². The first kappa shape index (κ1) is 13.0. The Hall–Kier alpha value is -1.40. The third-order valence-electron chi connectivity index (χ3n) is 2.99. The maximum Gasteiger partial charge on any atom is 0.264 e. The lowest BCUT2D eigenvalue weighted by molar-refractivity contribution is -0.124. The SMILES string of the molecule is NCCNC(=O)C1CCCN1C(=O)c1cccs1. The van der Waals surface area contributed by atoms with Crippen molar-refractivity contribution in [3.8, 4) is 0 Å². The first-order valence-corrected chi connectivity index (χ1v) is 6.94. The molecule has 1 atom stereocenters. The van der Waals surface area contributed by atoms with E-state index in [1.807, 2.05) is 11.4 Å². The van der Waals surface area contributed by atoms with Gasteiger partial charge in [0, 0.05) is 19.6 Å². The number of likely N-dealkylation sites (tertiary alicyclic amines) is 1. The fraction of sp³-hybridized carbons (Fsp3) is 0.500. The molecular weight excluding hydrogens is 250 g/mol. The summed E-state index contributed by atoms with van der Waals surface area (Å²) in [4.78, 5) is 26.5. The zero-order valence-electron chi connectivity index (χ0n) is 10.1. The van der Waals surface area contributed by atoms with Crippen molar-refractivity contribution in [2.24, 2.45) is 5.73 Å². The molecule has 1 aliphatic rings. The van der Waals surface area contributed by atoms with Crippen LogP contribution in [0.1, 0.15) is 22.5 Å². The summed E-state index contributed by atoms with van der Waals surface area (Å²) < 4.78 is 0. The lowest BCUT2D eigenvalue weighted by Gasteiger charge is -2.23. The minimum atomic E-state index is -0.342. The Morgan fingerprint density at radius 1 is 1.56 bits per heavy atom. The minimum Gasteiger partial charge on any atom is -0.353 e. The van der Waals surface area contributed by atoms with Crippen LogP contribution in [0.15, 0.2) is 17.5 Å². The second-order valence-electron chi connectivity index (χ2n) is 4.21. The largest absolute Gasteiger partial charge is 0.353 e.